The Labute approximate surface area is 165 Å². The molecule has 1 aromatic carbocycles. The highest BCUT2D eigenvalue weighted by atomic mass is 35.5. The predicted octanol–water partition coefficient (Wildman–Crippen LogP) is 3.55. The summed E-state index contributed by atoms with van der Waals surface area (Å²) in [5.74, 6) is 0.362. The van der Waals surface area contributed by atoms with Gasteiger partial charge in [-0.15, -0.1) is 0 Å². The summed E-state index contributed by atoms with van der Waals surface area (Å²) in [5, 5.41) is 13.3. The molecule has 0 aromatic heterocycles. The first-order chi connectivity index (χ1) is 13.1. The summed E-state index contributed by atoms with van der Waals surface area (Å²) in [7, 11) is 0. The van der Waals surface area contributed by atoms with Gasteiger partial charge in [0.05, 0.1) is 20.5 Å². The van der Waals surface area contributed by atoms with Crippen LogP contribution in [0.4, 0.5) is 0 Å². The molecule has 0 saturated carbocycles. The van der Waals surface area contributed by atoms with Crippen LogP contribution in [-0.2, 0) is 4.79 Å². The third kappa shape index (κ3) is 4.93. The van der Waals surface area contributed by atoms with Crippen LogP contribution in [0.5, 0.6) is 5.75 Å². The lowest BCUT2D eigenvalue weighted by molar-refractivity contribution is -0.421. The molecule has 0 spiro atoms. The summed E-state index contributed by atoms with van der Waals surface area (Å²) in [5.41, 5.74) is 0.497. The number of benzene rings is 1. The number of carbonyl (C=O) groups is 1. The van der Waals surface area contributed by atoms with Crippen molar-refractivity contribution in [1.29, 1.82) is 0 Å². The number of halogens is 2. The molecule has 2 aliphatic rings. The van der Waals surface area contributed by atoms with E-state index in [2.05, 4.69) is 4.99 Å². The maximum absolute atomic E-state index is 11.3. The molecule has 1 heterocycles. The molecule has 1 aromatic rings. The number of rotatable bonds is 4. The molecular weight excluding hydrogens is 391 g/mol. The van der Waals surface area contributed by atoms with Gasteiger partial charge >= 0.3 is 0 Å². The fraction of sp³-hybridized carbons (Fsp3) is 0.158. The number of carbonyl (C=O) groups excluding carboxylic acids is 1. The fourth-order valence-corrected chi connectivity index (χ4v) is 3.14. The van der Waals surface area contributed by atoms with Gasteiger partial charge in [-0.2, -0.15) is 0 Å². The van der Waals surface area contributed by atoms with E-state index >= 15 is 0 Å². The van der Waals surface area contributed by atoms with Crippen molar-refractivity contribution in [2.45, 2.75) is 12.8 Å². The van der Waals surface area contributed by atoms with Crippen molar-refractivity contribution in [3.05, 3.63) is 84.7 Å². The van der Waals surface area contributed by atoms with Gasteiger partial charge in [0.1, 0.15) is 18.8 Å². The van der Waals surface area contributed by atoms with Crippen LogP contribution >= 0.6 is 23.2 Å². The Hall–Kier alpha value is -2.70. The number of ether oxygens (including phenoxy) is 1. The lowest BCUT2D eigenvalue weighted by Crippen LogP contribution is -2.28. The van der Waals surface area contributed by atoms with Gasteiger partial charge in [0.25, 0.3) is 5.70 Å². The van der Waals surface area contributed by atoms with Gasteiger partial charge in [0.15, 0.2) is 5.75 Å². The zero-order valence-electron chi connectivity index (χ0n) is 14.2. The molecule has 6 nitrogen and oxygen atoms in total. The van der Waals surface area contributed by atoms with Gasteiger partial charge in [-0.25, -0.2) is 0 Å². The molecule has 0 fully saturated rings. The predicted molar refractivity (Wildman–Crippen MR) is 105 cm³/mol. The molecular formula is C19H16Cl2N2O4. The number of fused-ring (bicyclic) bond motifs is 1. The van der Waals surface area contributed by atoms with Gasteiger partial charge in [0, 0.05) is 11.4 Å². The summed E-state index contributed by atoms with van der Waals surface area (Å²) in [6.45, 7) is 2.00. The molecule has 3 rings (SSSR count). The Kier molecular flexibility index (Phi) is 7.52. The SMILES string of the molecule is C=O.O=[N+]([O-])C1=CCC=CC=C1COc1c(Cl)cc(Cl)c2c1=NC=CCC=2. The fourth-order valence-electron chi connectivity index (χ4n) is 2.56. The Bertz CT molecular complexity index is 978. The van der Waals surface area contributed by atoms with Gasteiger partial charge < -0.3 is 9.53 Å². The zero-order chi connectivity index (χ0) is 19.8. The summed E-state index contributed by atoms with van der Waals surface area (Å²) >= 11 is 12.5. The van der Waals surface area contributed by atoms with Crippen LogP contribution in [0.2, 0.25) is 10.0 Å². The highest BCUT2D eigenvalue weighted by molar-refractivity contribution is 6.35. The van der Waals surface area contributed by atoms with E-state index in [1.807, 2.05) is 25.0 Å². The van der Waals surface area contributed by atoms with E-state index in [1.165, 1.54) is 0 Å². The molecule has 0 N–H and O–H groups in total. The van der Waals surface area contributed by atoms with E-state index in [0.717, 1.165) is 5.22 Å². The minimum Gasteiger partial charge on any atom is -0.485 e. The summed E-state index contributed by atoms with van der Waals surface area (Å²) < 4.78 is 5.84. The van der Waals surface area contributed by atoms with Crippen molar-refractivity contribution in [3.8, 4) is 5.75 Å². The molecule has 27 heavy (non-hydrogen) atoms. The molecule has 0 atom stereocenters. The first kappa shape index (κ1) is 20.6. The largest absolute Gasteiger partial charge is 0.485 e. The van der Waals surface area contributed by atoms with Crippen molar-refractivity contribution in [3.63, 3.8) is 0 Å². The number of hydrogen-bond donors (Lipinski definition) is 0. The summed E-state index contributed by atoms with van der Waals surface area (Å²) in [6.07, 6.45) is 13.5. The maximum atomic E-state index is 11.3. The smallest absolute Gasteiger partial charge is 0.272 e. The molecule has 140 valence electrons. The Balaban J connectivity index is 0.00000126. The molecule has 1 aliphatic carbocycles. The Morgan fingerprint density at radius 3 is 2.67 bits per heavy atom. The molecule has 0 bridgehead atoms. The maximum Gasteiger partial charge on any atom is 0.272 e. The third-order valence-corrected chi connectivity index (χ3v) is 4.34. The van der Waals surface area contributed by atoms with E-state index in [9.17, 15) is 10.1 Å². The number of hydrogen-bond acceptors (Lipinski definition) is 5. The molecule has 0 amide bonds. The number of allylic oxidation sites excluding steroid dienone is 5. The van der Waals surface area contributed by atoms with Crippen molar-refractivity contribution < 1.29 is 14.5 Å². The van der Waals surface area contributed by atoms with Crippen LogP contribution in [0.3, 0.4) is 0 Å². The van der Waals surface area contributed by atoms with Crippen molar-refractivity contribution >= 4 is 36.1 Å². The van der Waals surface area contributed by atoms with Gasteiger partial charge in [0.2, 0.25) is 0 Å². The second kappa shape index (κ2) is 9.85. The van der Waals surface area contributed by atoms with Crippen LogP contribution < -0.4 is 15.3 Å². The molecule has 0 unspecified atom stereocenters. The third-order valence-electron chi connectivity index (χ3n) is 3.74. The average Bonchev–Trinajstić information content (AvgIpc) is 3.04. The van der Waals surface area contributed by atoms with Crippen molar-refractivity contribution in [1.82, 2.24) is 0 Å². The Morgan fingerprint density at radius 1 is 1.19 bits per heavy atom. The lowest BCUT2D eigenvalue weighted by Gasteiger charge is -2.11. The first-order valence-corrected chi connectivity index (χ1v) is 8.67. The van der Waals surface area contributed by atoms with Crippen LogP contribution in [0.1, 0.15) is 12.8 Å². The van der Waals surface area contributed by atoms with E-state index in [1.54, 1.807) is 30.5 Å². The van der Waals surface area contributed by atoms with E-state index in [-0.39, 0.29) is 12.3 Å². The highest BCUT2D eigenvalue weighted by Crippen LogP contribution is 2.24. The standard InChI is InChI=1S/C18H14Cl2N2O3.CH2O/c19-14-10-15(20)18(17-13(14)7-4-5-9-21-17)25-11-12-6-2-1-3-8-16(12)22(23)24;1-2/h1-2,5-10H,3-4,11H2;1H2. The van der Waals surface area contributed by atoms with Crippen molar-refractivity contribution in [2.75, 3.05) is 6.61 Å². The van der Waals surface area contributed by atoms with Crippen LogP contribution in [-0.4, -0.2) is 18.3 Å². The van der Waals surface area contributed by atoms with Gasteiger partial charge in [-0.1, -0.05) is 47.5 Å². The van der Waals surface area contributed by atoms with Gasteiger partial charge in [-0.05, 0) is 31.1 Å². The normalized spacial score (nSPS) is 14.7. The first-order valence-electron chi connectivity index (χ1n) is 7.91. The minimum absolute atomic E-state index is 0.00415. The topological polar surface area (TPSA) is 81.8 Å². The Morgan fingerprint density at radius 2 is 1.93 bits per heavy atom. The molecule has 0 radical (unpaired) electrons. The van der Waals surface area contributed by atoms with E-state index in [0.29, 0.717) is 39.6 Å². The molecule has 0 saturated heterocycles. The number of nitro groups is 1. The second-order valence-corrected chi connectivity index (χ2v) is 6.19. The van der Waals surface area contributed by atoms with Crippen LogP contribution in [0.15, 0.2) is 58.9 Å². The quantitative estimate of drug-likeness (QED) is 0.565. The van der Waals surface area contributed by atoms with E-state index < -0.39 is 4.92 Å². The number of nitrogens with zero attached hydrogens (tertiary/aromatic N) is 2. The molecule has 8 heteroatoms. The van der Waals surface area contributed by atoms with Gasteiger partial charge in [-0.3, -0.25) is 15.1 Å². The lowest BCUT2D eigenvalue weighted by atomic mass is 10.2. The van der Waals surface area contributed by atoms with E-state index in [4.69, 9.17) is 32.7 Å². The van der Waals surface area contributed by atoms with Crippen LogP contribution in [0, 0.1) is 10.1 Å². The molecule has 1 aliphatic heterocycles. The summed E-state index contributed by atoms with van der Waals surface area (Å²) in [6, 6.07) is 1.60. The highest BCUT2D eigenvalue weighted by Gasteiger charge is 2.19. The summed E-state index contributed by atoms with van der Waals surface area (Å²) in [4.78, 5) is 23.2. The second-order valence-electron chi connectivity index (χ2n) is 5.38. The average molecular weight is 407 g/mol. The minimum atomic E-state index is -0.410. The van der Waals surface area contributed by atoms with Crippen molar-refractivity contribution in [2.24, 2.45) is 4.99 Å². The van der Waals surface area contributed by atoms with Crippen LogP contribution in [0.25, 0.3) is 6.08 Å². The monoisotopic (exact) mass is 406 g/mol. The zero-order valence-corrected chi connectivity index (χ0v) is 15.7.